The van der Waals surface area contributed by atoms with Gasteiger partial charge < -0.3 is 5.11 Å². The van der Waals surface area contributed by atoms with Gasteiger partial charge in [-0.1, -0.05) is 60.7 Å². The van der Waals surface area contributed by atoms with Crippen molar-refractivity contribution in [2.45, 2.75) is 38.7 Å². The van der Waals surface area contributed by atoms with Crippen LogP contribution in [0.5, 0.6) is 0 Å². The minimum atomic E-state index is -0.852. The lowest BCUT2D eigenvalue weighted by molar-refractivity contribution is 0.182. The Kier molecular flexibility index (Phi) is 7.85. The number of aliphatic hydroxyl groups excluding tert-OH is 1. The fourth-order valence-corrected chi connectivity index (χ4v) is 3.36. The highest BCUT2D eigenvalue weighted by atomic mass is 19.2. The molecule has 1 heterocycles. The van der Waals surface area contributed by atoms with Crippen molar-refractivity contribution in [3.05, 3.63) is 96.4 Å². The van der Waals surface area contributed by atoms with Gasteiger partial charge in [0.2, 0.25) is 0 Å². The Bertz CT molecular complexity index is 1040. The summed E-state index contributed by atoms with van der Waals surface area (Å²) in [6, 6.07) is 14.5. The number of aromatic nitrogens is 1. The lowest BCUT2D eigenvalue weighted by atomic mass is 9.99. The summed E-state index contributed by atoms with van der Waals surface area (Å²) in [6.07, 6.45) is 9.58. The lowest BCUT2D eigenvalue weighted by Gasteiger charge is -2.08. The molecule has 0 aliphatic heterocycles. The van der Waals surface area contributed by atoms with Gasteiger partial charge in [0.05, 0.1) is 6.10 Å². The summed E-state index contributed by atoms with van der Waals surface area (Å²) in [5.74, 6) is -1.70. The van der Waals surface area contributed by atoms with E-state index >= 15 is 0 Å². The molecule has 3 rings (SSSR count). The molecule has 1 unspecified atom stereocenters. The summed E-state index contributed by atoms with van der Waals surface area (Å²) in [5, 5.41) is 9.26. The number of benzene rings is 2. The SMILES string of the molecule is C=CCc1ccc(-c2ccc(-c3ccc(C=CCCCC(C)O)c(F)c3F)cc2)cn1. The summed E-state index contributed by atoms with van der Waals surface area (Å²) in [5.41, 5.74) is 3.94. The maximum atomic E-state index is 14.7. The minimum absolute atomic E-state index is 0.223. The third-order valence-corrected chi connectivity index (χ3v) is 5.11. The maximum Gasteiger partial charge on any atom is 0.167 e. The second kappa shape index (κ2) is 10.8. The summed E-state index contributed by atoms with van der Waals surface area (Å²) >= 11 is 0. The van der Waals surface area contributed by atoms with Gasteiger partial charge in [-0.25, -0.2) is 8.78 Å². The molecule has 2 nitrogen and oxygen atoms in total. The quantitative estimate of drug-likeness (QED) is 0.300. The smallest absolute Gasteiger partial charge is 0.167 e. The Labute approximate surface area is 182 Å². The van der Waals surface area contributed by atoms with Crippen LogP contribution >= 0.6 is 0 Å². The molecule has 160 valence electrons. The molecule has 0 aliphatic carbocycles. The zero-order valence-corrected chi connectivity index (χ0v) is 17.7. The number of halogens is 2. The molecule has 4 heteroatoms. The number of allylic oxidation sites excluding steroid dienone is 2. The van der Waals surface area contributed by atoms with Crippen LogP contribution in [0.4, 0.5) is 8.78 Å². The van der Waals surface area contributed by atoms with Gasteiger partial charge in [0.15, 0.2) is 11.6 Å². The highest BCUT2D eigenvalue weighted by molar-refractivity contribution is 5.71. The van der Waals surface area contributed by atoms with Gasteiger partial charge in [-0.05, 0) is 43.4 Å². The number of rotatable bonds is 9. The van der Waals surface area contributed by atoms with Crippen LogP contribution in [0.15, 0.2) is 73.5 Å². The van der Waals surface area contributed by atoms with Crippen LogP contribution in [-0.2, 0) is 6.42 Å². The molecule has 1 atom stereocenters. The molecular formula is C27H27F2NO. The van der Waals surface area contributed by atoms with E-state index < -0.39 is 11.6 Å². The van der Waals surface area contributed by atoms with Crippen molar-refractivity contribution in [2.75, 3.05) is 0 Å². The molecule has 0 spiro atoms. The Morgan fingerprint density at radius 3 is 2.32 bits per heavy atom. The van der Waals surface area contributed by atoms with Gasteiger partial charge in [-0.2, -0.15) is 0 Å². The average molecular weight is 420 g/mol. The Morgan fingerprint density at radius 2 is 1.68 bits per heavy atom. The van der Waals surface area contributed by atoms with E-state index in [1.165, 1.54) is 0 Å². The maximum absolute atomic E-state index is 14.7. The highest BCUT2D eigenvalue weighted by Crippen LogP contribution is 2.29. The lowest BCUT2D eigenvalue weighted by Crippen LogP contribution is -1.97. The van der Waals surface area contributed by atoms with E-state index in [2.05, 4.69) is 11.6 Å². The Balaban J connectivity index is 1.74. The van der Waals surface area contributed by atoms with E-state index in [1.54, 1.807) is 43.5 Å². The monoisotopic (exact) mass is 419 g/mol. The first-order valence-electron chi connectivity index (χ1n) is 10.5. The molecule has 0 fully saturated rings. The number of hydrogen-bond donors (Lipinski definition) is 1. The summed E-state index contributed by atoms with van der Waals surface area (Å²) in [7, 11) is 0. The summed E-state index contributed by atoms with van der Waals surface area (Å²) in [4.78, 5) is 4.41. The standard InChI is InChI=1S/C27H27F2NO/c1-3-7-24-16-14-23(18-30-24)20-10-12-21(13-11-20)25-17-15-22(26(28)27(25)29)9-6-4-5-8-19(2)31/h3,6,9-19,31H,1,4-5,7-8H2,2H3. The normalized spacial score (nSPS) is 12.3. The first kappa shape index (κ1) is 22.6. The molecule has 0 aliphatic rings. The third kappa shape index (κ3) is 5.96. The van der Waals surface area contributed by atoms with E-state index in [4.69, 9.17) is 0 Å². The molecule has 2 aromatic carbocycles. The Hall–Kier alpha value is -3.11. The van der Waals surface area contributed by atoms with Crippen molar-refractivity contribution in [2.24, 2.45) is 0 Å². The van der Waals surface area contributed by atoms with Crippen LogP contribution in [0.25, 0.3) is 28.3 Å². The van der Waals surface area contributed by atoms with Crippen molar-refractivity contribution < 1.29 is 13.9 Å². The van der Waals surface area contributed by atoms with E-state index in [1.807, 2.05) is 36.4 Å². The number of aliphatic hydroxyl groups is 1. The van der Waals surface area contributed by atoms with Crippen LogP contribution in [0.1, 0.15) is 37.4 Å². The van der Waals surface area contributed by atoms with Crippen molar-refractivity contribution in [3.8, 4) is 22.3 Å². The number of pyridine rings is 1. The van der Waals surface area contributed by atoms with E-state index in [0.717, 1.165) is 29.7 Å². The zero-order valence-electron chi connectivity index (χ0n) is 17.7. The zero-order chi connectivity index (χ0) is 22.2. The first-order chi connectivity index (χ1) is 15.0. The molecule has 1 N–H and O–H groups in total. The third-order valence-electron chi connectivity index (χ3n) is 5.11. The van der Waals surface area contributed by atoms with Crippen LogP contribution in [0, 0.1) is 11.6 Å². The second-order valence-electron chi connectivity index (χ2n) is 7.62. The fraction of sp³-hybridized carbons (Fsp3) is 0.222. The van der Waals surface area contributed by atoms with Crippen LogP contribution in [0.3, 0.4) is 0 Å². The van der Waals surface area contributed by atoms with Gasteiger partial charge in [0, 0.05) is 35.0 Å². The first-order valence-corrected chi connectivity index (χ1v) is 10.5. The number of nitrogens with zero attached hydrogens (tertiary/aromatic N) is 1. The van der Waals surface area contributed by atoms with Crippen molar-refractivity contribution >= 4 is 6.08 Å². The van der Waals surface area contributed by atoms with Gasteiger partial charge in [-0.3, -0.25) is 4.98 Å². The van der Waals surface area contributed by atoms with Crippen LogP contribution in [0.2, 0.25) is 0 Å². The van der Waals surface area contributed by atoms with Crippen molar-refractivity contribution in [3.63, 3.8) is 0 Å². The second-order valence-corrected chi connectivity index (χ2v) is 7.62. The molecule has 0 saturated carbocycles. The molecule has 1 aromatic heterocycles. The number of hydrogen-bond acceptors (Lipinski definition) is 2. The fourth-order valence-electron chi connectivity index (χ4n) is 3.36. The minimum Gasteiger partial charge on any atom is -0.393 e. The molecule has 0 saturated heterocycles. The molecule has 31 heavy (non-hydrogen) atoms. The molecule has 0 amide bonds. The van der Waals surface area contributed by atoms with Gasteiger partial charge in [0.1, 0.15) is 0 Å². The largest absolute Gasteiger partial charge is 0.393 e. The topological polar surface area (TPSA) is 33.1 Å². The van der Waals surface area contributed by atoms with Crippen LogP contribution in [-0.4, -0.2) is 16.2 Å². The Morgan fingerprint density at radius 1 is 0.968 bits per heavy atom. The van der Waals surface area contributed by atoms with E-state index in [9.17, 15) is 13.9 Å². The molecule has 0 bridgehead atoms. The van der Waals surface area contributed by atoms with Gasteiger partial charge in [0.25, 0.3) is 0 Å². The molecule has 0 radical (unpaired) electrons. The predicted molar refractivity (Wildman–Crippen MR) is 123 cm³/mol. The molecule has 3 aromatic rings. The van der Waals surface area contributed by atoms with Crippen molar-refractivity contribution in [1.82, 2.24) is 4.98 Å². The summed E-state index contributed by atoms with van der Waals surface area (Å²) in [6.45, 7) is 5.45. The van der Waals surface area contributed by atoms with E-state index in [-0.39, 0.29) is 17.2 Å². The van der Waals surface area contributed by atoms with Crippen molar-refractivity contribution in [1.29, 1.82) is 0 Å². The van der Waals surface area contributed by atoms with Gasteiger partial charge >= 0.3 is 0 Å². The molecular weight excluding hydrogens is 392 g/mol. The summed E-state index contributed by atoms with van der Waals surface area (Å²) < 4.78 is 29.3. The van der Waals surface area contributed by atoms with E-state index in [0.29, 0.717) is 18.4 Å². The van der Waals surface area contributed by atoms with Gasteiger partial charge in [-0.15, -0.1) is 6.58 Å². The number of unbranched alkanes of at least 4 members (excludes halogenated alkanes) is 1. The predicted octanol–water partition coefficient (Wildman–Crippen LogP) is 6.99. The average Bonchev–Trinajstić information content (AvgIpc) is 2.77. The highest BCUT2D eigenvalue weighted by Gasteiger charge is 2.13. The van der Waals surface area contributed by atoms with Crippen LogP contribution < -0.4 is 0 Å².